The molecule has 0 saturated carbocycles. The molecule has 0 amide bonds. The number of benzene rings is 1. The largest absolute Gasteiger partial charge is 0.232 e. The van der Waals surface area contributed by atoms with Crippen molar-refractivity contribution in [3.63, 3.8) is 0 Å². The molecule has 1 aromatic rings. The van der Waals surface area contributed by atoms with Gasteiger partial charge in [0.2, 0.25) is 0 Å². The first kappa shape index (κ1) is 8.57. The third-order valence-electron chi connectivity index (χ3n) is 1.57. The first-order valence-corrected chi connectivity index (χ1v) is 4.12. The Balaban J connectivity index is 2.66. The maximum Gasteiger partial charge on any atom is 0.107 e. The maximum absolute atomic E-state index is 10.4. The van der Waals surface area contributed by atoms with E-state index in [4.69, 9.17) is 11.6 Å². The van der Waals surface area contributed by atoms with E-state index in [0.717, 1.165) is 12.0 Å². The molecule has 0 unspecified atom stereocenters. The molecule has 11 heavy (non-hydrogen) atoms. The topological polar surface area (TPSA) is 19.9 Å². The van der Waals surface area contributed by atoms with Gasteiger partial charge >= 0.3 is 0 Å². The number of hydrogen-bond donors (Lipinski definition) is 0. The molecule has 0 aliphatic carbocycles. The van der Waals surface area contributed by atoms with Crippen molar-refractivity contribution < 1.29 is 5.11 Å². The van der Waals surface area contributed by atoms with Crippen LogP contribution < -0.4 is 0 Å². The van der Waals surface area contributed by atoms with Gasteiger partial charge in [-0.25, -0.2) is 5.11 Å². The Morgan fingerprint density at radius 2 is 1.64 bits per heavy atom. The molecule has 0 heterocycles. The van der Waals surface area contributed by atoms with Crippen LogP contribution in [0.1, 0.15) is 11.1 Å². The summed E-state index contributed by atoms with van der Waals surface area (Å²) < 4.78 is 0. The molecule has 0 aromatic heterocycles. The van der Waals surface area contributed by atoms with Crippen molar-refractivity contribution in [2.75, 3.05) is 5.88 Å². The molecule has 59 valence electrons. The normalized spacial score (nSPS) is 10.0. The Bertz CT molecular complexity index is 205. The molecule has 0 bridgehead atoms. The van der Waals surface area contributed by atoms with Gasteiger partial charge in [-0.1, -0.05) is 24.3 Å². The van der Waals surface area contributed by atoms with Gasteiger partial charge in [-0.15, -0.1) is 11.6 Å². The fraction of sp³-hybridized carbons (Fsp3) is 0.333. The number of aryl methyl sites for hydroxylation is 1. The van der Waals surface area contributed by atoms with E-state index >= 15 is 0 Å². The average molecular weight is 170 g/mol. The van der Waals surface area contributed by atoms with Crippen molar-refractivity contribution in [1.82, 2.24) is 0 Å². The van der Waals surface area contributed by atoms with Gasteiger partial charge in [0.25, 0.3) is 0 Å². The Labute approximate surface area is 71.6 Å². The van der Waals surface area contributed by atoms with E-state index in [0.29, 0.717) is 5.88 Å². The molecule has 1 aromatic carbocycles. The first-order chi connectivity index (χ1) is 5.36. The molecule has 1 rings (SSSR count). The van der Waals surface area contributed by atoms with Gasteiger partial charge in [0.1, 0.15) is 6.61 Å². The maximum atomic E-state index is 10.4. The standard InChI is InChI=1S/C9H10ClO/c10-6-5-8-1-3-9(7-11)4-2-8/h1-4H,5-7H2. The molecule has 0 aliphatic heterocycles. The van der Waals surface area contributed by atoms with Crippen LogP contribution in [0.5, 0.6) is 0 Å². The zero-order valence-electron chi connectivity index (χ0n) is 6.22. The zero-order chi connectivity index (χ0) is 8.10. The lowest BCUT2D eigenvalue weighted by atomic mass is 10.1. The molecule has 1 radical (unpaired) electrons. The van der Waals surface area contributed by atoms with Crippen LogP contribution in [0, 0.1) is 0 Å². The fourth-order valence-corrected chi connectivity index (χ4v) is 1.13. The highest BCUT2D eigenvalue weighted by Gasteiger charge is 1.92. The van der Waals surface area contributed by atoms with Gasteiger partial charge in [-0.3, -0.25) is 0 Å². The predicted octanol–water partition coefficient (Wildman–Crippen LogP) is 2.40. The quantitative estimate of drug-likeness (QED) is 0.620. The van der Waals surface area contributed by atoms with Crippen LogP contribution in [0.2, 0.25) is 0 Å². The summed E-state index contributed by atoms with van der Waals surface area (Å²) in [5.74, 6) is 0.636. The van der Waals surface area contributed by atoms with Crippen LogP contribution in [0.25, 0.3) is 0 Å². The minimum atomic E-state index is -0.138. The number of halogens is 1. The van der Waals surface area contributed by atoms with E-state index in [2.05, 4.69) is 0 Å². The Morgan fingerprint density at radius 3 is 2.09 bits per heavy atom. The third kappa shape index (κ3) is 2.52. The number of rotatable bonds is 3. The SMILES string of the molecule is [O]Cc1ccc(CCCl)cc1. The summed E-state index contributed by atoms with van der Waals surface area (Å²) in [5.41, 5.74) is 2.03. The first-order valence-electron chi connectivity index (χ1n) is 3.58. The molecule has 0 aliphatic rings. The Morgan fingerprint density at radius 1 is 1.09 bits per heavy atom. The van der Waals surface area contributed by atoms with E-state index in [9.17, 15) is 5.11 Å². The van der Waals surface area contributed by atoms with Gasteiger partial charge in [-0.05, 0) is 17.5 Å². The van der Waals surface area contributed by atoms with Gasteiger partial charge < -0.3 is 0 Å². The number of hydrogen-bond acceptors (Lipinski definition) is 0. The van der Waals surface area contributed by atoms with Crippen LogP contribution in [-0.4, -0.2) is 5.88 Å². The molecule has 1 nitrogen and oxygen atoms in total. The van der Waals surface area contributed by atoms with Gasteiger partial charge in [0.15, 0.2) is 0 Å². The summed E-state index contributed by atoms with van der Waals surface area (Å²) in [4.78, 5) is 0. The lowest BCUT2D eigenvalue weighted by Crippen LogP contribution is -1.87. The molecule has 0 fully saturated rings. The fourth-order valence-electron chi connectivity index (χ4n) is 0.911. The lowest BCUT2D eigenvalue weighted by Gasteiger charge is -1.97. The van der Waals surface area contributed by atoms with Gasteiger partial charge in [-0.2, -0.15) is 0 Å². The van der Waals surface area contributed by atoms with Crippen LogP contribution in [0.4, 0.5) is 0 Å². The van der Waals surface area contributed by atoms with Crippen molar-refractivity contribution in [3.8, 4) is 0 Å². The summed E-state index contributed by atoms with van der Waals surface area (Å²) in [6, 6.07) is 7.62. The van der Waals surface area contributed by atoms with E-state index in [1.165, 1.54) is 5.56 Å². The summed E-state index contributed by atoms with van der Waals surface area (Å²) in [6.45, 7) is -0.138. The highest BCUT2D eigenvalue weighted by molar-refractivity contribution is 6.17. The van der Waals surface area contributed by atoms with Crippen LogP contribution in [0.15, 0.2) is 24.3 Å². The second-order valence-corrected chi connectivity index (χ2v) is 2.78. The third-order valence-corrected chi connectivity index (χ3v) is 1.76. The van der Waals surface area contributed by atoms with Crippen LogP contribution in [-0.2, 0) is 18.1 Å². The highest BCUT2D eigenvalue weighted by Crippen LogP contribution is 2.05. The van der Waals surface area contributed by atoms with E-state index in [1.807, 2.05) is 24.3 Å². The van der Waals surface area contributed by atoms with Crippen LogP contribution in [0.3, 0.4) is 0 Å². The summed E-state index contributed by atoms with van der Waals surface area (Å²) in [6.07, 6.45) is 0.876. The van der Waals surface area contributed by atoms with E-state index < -0.39 is 0 Å². The van der Waals surface area contributed by atoms with Crippen molar-refractivity contribution >= 4 is 11.6 Å². The minimum absolute atomic E-state index is 0.138. The van der Waals surface area contributed by atoms with Crippen molar-refractivity contribution in [2.45, 2.75) is 13.0 Å². The molecule has 0 N–H and O–H groups in total. The zero-order valence-corrected chi connectivity index (χ0v) is 6.97. The summed E-state index contributed by atoms with van der Waals surface area (Å²) in [5, 5.41) is 10.4. The Kier molecular flexibility index (Phi) is 3.40. The molecule has 0 atom stereocenters. The van der Waals surface area contributed by atoms with E-state index in [1.54, 1.807) is 0 Å². The van der Waals surface area contributed by atoms with Crippen molar-refractivity contribution in [1.29, 1.82) is 0 Å². The monoisotopic (exact) mass is 169 g/mol. The minimum Gasteiger partial charge on any atom is -0.232 e. The van der Waals surface area contributed by atoms with Crippen molar-refractivity contribution in [2.24, 2.45) is 0 Å². The van der Waals surface area contributed by atoms with Crippen LogP contribution >= 0.6 is 11.6 Å². The van der Waals surface area contributed by atoms with Gasteiger partial charge in [0, 0.05) is 5.88 Å². The molecule has 0 spiro atoms. The van der Waals surface area contributed by atoms with E-state index in [-0.39, 0.29) is 6.61 Å². The number of alkyl halides is 1. The molecular weight excluding hydrogens is 160 g/mol. The average Bonchev–Trinajstić information content (AvgIpc) is 2.07. The highest BCUT2D eigenvalue weighted by atomic mass is 35.5. The van der Waals surface area contributed by atoms with Crippen molar-refractivity contribution in [3.05, 3.63) is 35.4 Å². The summed E-state index contributed by atoms with van der Waals surface area (Å²) >= 11 is 5.55. The Hall–Kier alpha value is -0.530. The molecule has 0 saturated heterocycles. The lowest BCUT2D eigenvalue weighted by molar-refractivity contribution is 0.177. The molecule has 2 heteroatoms. The predicted molar refractivity (Wildman–Crippen MR) is 45.3 cm³/mol. The summed E-state index contributed by atoms with van der Waals surface area (Å²) in [7, 11) is 0. The van der Waals surface area contributed by atoms with Gasteiger partial charge in [0.05, 0.1) is 0 Å². The second-order valence-electron chi connectivity index (χ2n) is 2.40. The smallest absolute Gasteiger partial charge is 0.107 e. The second kappa shape index (κ2) is 4.37. The molecular formula is C9H10ClO.